The fraction of sp³-hybridized carbons (Fsp3) is 0.455. The van der Waals surface area contributed by atoms with Crippen LogP contribution >= 0.6 is 0 Å². The number of aliphatic hydroxyl groups is 1. The standard InChI is InChI=1S/C11H12F2O/c1-6-4-8(12)10(9(13)5-6)11(14)7-2-3-7/h4-5,7,11,14H,2-3H2,1H3. The summed E-state index contributed by atoms with van der Waals surface area (Å²) in [6.07, 6.45) is 0.734. The van der Waals surface area contributed by atoms with Crippen LogP contribution < -0.4 is 0 Å². The minimum Gasteiger partial charge on any atom is -0.388 e. The predicted octanol–water partition coefficient (Wildman–Crippen LogP) is 2.72. The number of aliphatic hydroxyl groups excluding tert-OH is 1. The first-order valence-corrected chi connectivity index (χ1v) is 4.73. The van der Waals surface area contributed by atoms with E-state index >= 15 is 0 Å². The highest BCUT2D eigenvalue weighted by Crippen LogP contribution is 2.42. The third-order valence-corrected chi connectivity index (χ3v) is 2.59. The molecule has 0 amide bonds. The van der Waals surface area contributed by atoms with Gasteiger partial charge in [-0.1, -0.05) is 0 Å². The maximum absolute atomic E-state index is 13.3. The highest BCUT2D eigenvalue weighted by molar-refractivity contribution is 5.28. The summed E-state index contributed by atoms with van der Waals surface area (Å²) in [6.45, 7) is 1.62. The van der Waals surface area contributed by atoms with Crippen LogP contribution in [0.3, 0.4) is 0 Å². The SMILES string of the molecule is Cc1cc(F)c(C(O)C2CC2)c(F)c1. The minimum absolute atomic E-state index is 0.0432. The Labute approximate surface area is 81.4 Å². The third kappa shape index (κ3) is 1.64. The van der Waals surface area contributed by atoms with Crippen molar-refractivity contribution in [3.8, 4) is 0 Å². The fourth-order valence-corrected chi connectivity index (χ4v) is 1.64. The molecule has 0 aliphatic heterocycles. The molecule has 1 aliphatic carbocycles. The van der Waals surface area contributed by atoms with Crippen LogP contribution in [0.4, 0.5) is 8.78 Å². The average Bonchev–Trinajstić information content (AvgIpc) is 2.83. The molecule has 1 nitrogen and oxygen atoms in total. The van der Waals surface area contributed by atoms with Gasteiger partial charge in [-0.15, -0.1) is 0 Å². The van der Waals surface area contributed by atoms with Crippen molar-refractivity contribution in [1.29, 1.82) is 0 Å². The van der Waals surface area contributed by atoms with Crippen molar-refractivity contribution in [1.82, 2.24) is 0 Å². The van der Waals surface area contributed by atoms with Crippen LogP contribution in [0.5, 0.6) is 0 Å². The number of hydrogen-bond acceptors (Lipinski definition) is 1. The molecule has 1 fully saturated rings. The summed E-state index contributed by atoms with van der Waals surface area (Å²) in [4.78, 5) is 0. The van der Waals surface area contributed by atoms with Gasteiger partial charge in [0, 0.05) is 0 Å². The molecule has 0 aromatic heterocycles. The molecule has 0 saturated heterocycles. The van der Waals surface area contributed by atoms with Gasteiger partial charge in [0.25, 0.3) is 0 Å². The molecule has 1 aromatic carbocycles. The Morgan fingerprint density at radius 3 is 2.21 bits per heavy atom. The maximum Gasteiger partial charge on any atom is 0.132 e. The number of halogens is 2. The molecule has 76 valence electrons. The number of rotatable bonds is 2. The highest BCUT2D eigenvalue weighted by atomic mass is 19.1. The number of benzene rings is 1. The molecule has 3 heteroatoms. The molecule has 0 radical (unpaired) electrons. The molecular weight excluding hydrogens is 186 g/mol. The lowest BCUT2D eigenvalue weighted by Crippen LogP contribution is -2.06. The summed E-state index contributed by atoms with van der Waals surface area (Å²) in [6, 6.07) is 2.51. The van der Waals surface area contributed by atoms with E-state index in [-0.39, 0.29) is 11.5 Å². The van der Waals surface area contributed by atoms with E-state index in [2.05, 4.69) is 0 Å². The topological polar surface area (TPSA) is 20.2 Å². The van der Waals surface area contributed by atoms with E-state index in [0.717, 1.165) is 12.8 Å². The van der Waals surface area contributed by atoms with Crippen molar-refractivity contribution < 1.29 is 13.9 Å². The van der Waals surface area contributed by atoms with Gasteiger partial charge in [-0.05, 0) is 43.4 Å². The van der Waals surface area contributed by atoms with Gasteiger partial charge in [0.2, 0.25) is 0 Å². The summed E-state index contributed by atoms with van der Waals surface area (Å²) in [5.41, 5.74) is 0.366. The van der Waals surface area contributed by atoms with Crippen LogP contribution in [-0.4, -0.2) is 5.11 Å². The summed E-state index contributed by atoms with van der Waals surface area (Å²) >= 11 is 0. The van der Waals surface area contributed by atoms with Crippen molar-refractivity contribution in [2.45, 2.75) is 25.9 Å². The van der Waals surface area contributed by atoms with E-state index < -0.39 is 17.7 Å². The maximum atomic E-state index is 13.3. The van der Waals surface area contributed by atoms with Gasteiger partial charge in [-0.2, -0.15) is 0 Å². The molecule has 2 rings (SSSR count). The molecule has 0 heterocycles. The van der Waals surface area contributed by atoms with E-state index in [1.165, 1.54) is 12.1 Å². The molecule has 1 saturated carbocycles. The molecule has 0 spiro atoms. The second-order valence-electron chi connectivity index (χ2n) is 3.92. The Morgan fingerprint density at radius 1 is 1.29 bits per heavy atom. The smallest absolute Gasteiger partial charge is 0.132 e. The van der Waals surface area contributed by atoms with Crippen LogP contribution in [0, 0.1) is 24.5 Å². The van der Waals surface area contributed by atoms with Crippen LogP contribution in [0.25, 0.3) is 0 Å². The van der Waals surface area contributed by atoms with E-state index in [1.807, 2.05) is 0 Å². The van der Waals surface area contributed by atoms with Crippen LogP contribution in [-0.2, 0) is 0 Å². The Balaban J connectivity index is 2.40. The van der Waals surface area contributed by atoms with Gasteiger partial charge in [-0.3, -0.25) is 0 Å². The summed E-state index contributed by atoms with van der Waals surface area (Å²) < 4.78 is 26.7. The first kappa shape index (κ1) is 9.59. The van der Waals surface area contributed by atoms with Crippen molar-refractivity contribution in [3.63, 3.8) is 0 Å². The lowest BCUT2D eigenvalue weighted by molar-refractivity contribution is 0.144. The first-order valence-electron chi connectivity index (χ1n) is 4.73. The fourth-order valence-electron chi connectivity index (χ4n) is 1.64. The molecule has 1 aliphatic rings. The van der Waals surface area contributed by atoms with Gasteiger partial charge in [0.15, 0.2) is 0 Å². The summed E-state index contributed by atoms with van der Waals surface area (Å²) in [5, 5.41) is 9.63. The van der Waals surface area contributed by atoms with Crippen LogP contribution in [0.2, 0.25) is 0 Å². The normalized spacial score (nSPS) is 18.3. The second kappa shape index (κ2) is 3.31. The Hall–Kier alpha value is -0.960. The van der Waals surface area contributed by atoms with Crippen molar-refractivity contribution in [3.05, 3.63) is 34.9 Å². The van der Waals surface area contributed by atoms with E-state index in [4.69, 9.17) is 0 Å². The lowest BCUT2D eigenvalue weighted by Gasteiger charge is -2.12. The molecule has 14 heavy (non-hydrogen) atoms. The molecular formula is C11H12F2O. The van der Waals surface area contributed by atoms with Gasteiger partial charge in [0.05, 0.1) is 11.7 Å². The van der Waals surface area contributed by atoms with Gasteiger partial charge in [-0.25, -0.2) is 8.78 Å². The Kier molecular flexibility index (Phi) is 2.27. The van der Waals surface area contributed by atoms with Crippen molar-refractivity contribution in [2.24, 2.45) is 5.92 Å². The van der Waals surface area contributed by atoms with Gasteiger partial charge >= 0.3 is 0 Å². The van der Waals surface area contributed by atoms with Gasteiger partial charge in [0.1, 0.15) is 11.6 Å². The molecule has 1 aromatic rings. The van der Waals surface area contributed by atoms with Crippen molar-refractivity contribution in [2.75, 3.05) is 0 Å². The molecule has 0 bridgehead atoms. The Morgan fingerprint density at radius 2 is 1.79 bits per heavy atom. The number of hydrogen-bond donors (Lipinski definition) is 1. The largest absolute Gasteiger partial charge is 0.388 e. The first-order chi connectivity index (χ1) is 6.59. The molecule has 1 atom stereocenters. The molecule has 1 N–H and O–H groups in total. The van der Waals surface area contributed by atoms with E-state index in [0.29, 0.717) is 5.56 Å². The van der Waals surface area contributed by atoms with E-state index in [1.54, 1.807) is 6.92 Å². The average molecular weight is 198 g/mol. The quantitative estimate of drug-likeness (QED) is 0.774. The second-order valence-corrected chi connectivity index (χ2v) is 3.92. The lowest BCUT2D eigenvalue weighted by atomic mass is 10.0. The summed E-state index contributed by atoms with van der Waals surface area (Å²) in [7, 11) is 0. The highest BCUT2D eigenvalue weighted by Gasteiger charge is 2.34. The predicted molar refractivity (Wildman–Crippen MR) is 48.8 cm³/mol. The molecule has 1 unspecified atom stereocenters. The Bertz CT molecular complexity index is 335. The van der Waals surface area contributed by atoms with Crippen LogP contribution in [0.15, 0.2) is 12.1 Å². The van der Waals surface area contributed by atoms with E-state index in [9.17, 15) is 13.9 Å². The minimum atomic E-state index is -0.976. The zero-order valence-electron chi connectivity index (χ0n) is 7.93. The zero-order chi connectivity index (χ0) is 10.3. The number of aryl methyl sites for hydroxylation is 1. The summed E-state index contributed by atoms with van der Waals surface area (Å²) in [5.74, 6) is -1.23. The third-order valence-electron chi connectivity index (χ3n) is 2.59. The monoisotopic (exact) mass is 198 g/mol. The van der Waals surface area contributed by atoms with Gasteiger partial charge < -0.3 is 5.11 Å². The zero-order valence-corrected chi connectivity index (χ0v) is 7.93. The van der Waals surface area contributed by atoms with Crippen LogP contribution in [0.1, 0.15) is 30.1 Å². The van der Waals surface area contributed by atoms with Crippen molar-refractivity contribution >= 4 is 0 Å².